The lowest BCUT2D eigenvalue weighted by atomic mass is 9.98. The van der Waals surface area contributed by atoms with Gasteiger partial charge in [-0.15, -0.1) is 0 Å². The van der Waals surface area contributed by atoms with Gasteiger partial charge in [-0.3, -0.25) is 4.79 Å². The van der Waals surface area contributed by atoms with E-state index in [-0.39, 0.29) is 11.4 Å². The highest BCUT2D eigenvalue weighted by Gasteiger charge is 2.34. The number of hydrogen-bond acceptors (Lipinski definition) is 1. The summed E-state index contributed by atoms with van der Waals surface area (Å²) in [6.07, 6.45) is 10.7. The minimum atomic E-state index is 0.0791. The van der Waals surface area contributed by atoms with Gasteiger partial charge in [0.2, 0.25) is 5.91 Å². The first-order valence-electron chi connectivity index (χ1n) is 6.61. The van der Waals surface area contributed by atoms with Gasteiger partial charge in [-0.2, -0.15) is 0 Å². The monoisotopic (exact) mass is 287 g/mol. The van der Waals surface area contributed by atoms with E-state index in [4.69, 9.17) is 0 Å². The lowest BCUT2D eigenvalue weighted by Gasteiger charge is -2.28. The van der Waals surface area contributed by atoms with Gasteiger partial charge in [-0.05, 0) is 31.6 Å². The van der Waals surface area contributed by atoms with Crippen molar-refractivity contribution in [1.82, 2.24) is 5.32 Å². The molecule has 0 radical (unpaired) electrons. The molecule has 1 amide bonds. The number of nitrogens with one attached hydrogen (secondary N) is 1. The molecule has 0 atom stereocenters. The summed E-state index contributed by atoms with van der Waals surface area (Å²) < 4.78 is 0. The maximum Gasteiger partial charge on any atom is 0.220 e. The second-order valence-corrected chi connectivity index (χ2v) is 6.08. The topological polar surface area (TPSA) is 29.1 Å². The number of halogens is 1. The van der Waals surface area contributed by atoms with E-state index in [1.807, 2.05) is 0 Å². The van der Waals surface area contributed by atoms with Gasteiger partial charge in [0.05, 0.1) is 0 Å². The first kappa shape index (κ1) is 12.4. The van der Waals surface area contributed by atoms with E-state index < -0.39 is 0 Å². The minimum Gasteiger partial charge on any atom is -0.350 e. The highest BCUT2D eigenvalue weighted by atomic mass is 79.9. The molecule has 0 bridgehead atoms. The van der Waals surface area contributed by atoms with Crippen molar-refractivity contribution >= 4 is 21.8 Å². The van der Waals surface area contributed by atoms with E-state index in [1.54, 1.807) is 0 Å². The Morgan fingerprint density at radius 1 is 1.19 bits per heavy atom. The molecule has 2 aliphatic rings. The Bertz CT molecular complexity index is 242. The molecule has 2 saturated carbocycles. The Morgan fingerprint density at radius 2 is 1.81 bits per heavy atom. The summed E-state index contributed by atoms with van der Waals surface area (Å²) >= 11 is 3.56. The van der Waals surface area contributed by atoms with Crippen LogP contribution in [0.3, 0.4) is 0 Å². The first-order chi connectivity index (χ1) is 7.74. The quantitative estimate of drug-likeness (QED) is 0.789. The molecule has 0 unspecified atom stereocenters. The van der Waals surface area contributed by atoms with E-state index in [1.165, 1.54) is 38.5 Å². The Balaban J connectivity index is 1.80. The van der Waals surface area contributed by atoms with Gasteiger partial charge in [-0.25, -0.2) is 0 Å². The summed E-state index contributed by atoms with van der Waals surface area (Å²) in [6, 6.07) is 0. The SMILES string of the molecule is O=C(CC1CCCC1)NC1(CBr)CCCC1. The lowest BCUT2D eigenvalue weighted by molar-refractivity contribution is -0.123. The standard InChI is InChI=1S/C13H22BrNO/c14-10-13(7-3-4-8-13)15-12(16)9-11-5-1-2-6-11/h11H,1-10H2,(H,15,16). The summed E-state index contributed by atoms with van der Waals surface area (Å²) in [6.45, 7) is 0. The van der Waals surface area contributed by atoms with Crippen molar-refractivity contribution in [3.63, 3.8) is 0 Å². The van der Waals surface area contributed by atoms with Crippen molar-refractivity contribution in [2.24, 2.45) is 5.92 Å². The van der Waals surface area contributed by atoms with Gasteiger partial charge in [0.25, 0.3) is 0 Å². The van der Waals surface area contributed by atoms with Crippen LogP contribution < -0.4 is 5.32 Å². The molecule has 0 aliphatic heterocycles. The molecule has 3 heteroatoms. The van der Waals surface area contributed by atoms with Crippen LogP contribution in [0.5, 0.6) is 0 Å². The van der Waals surface area contributed by atoms with E-state index in [9.17, 15) is 4.79 Å². The molecular weight excluding hydrogens is 266 g/mol. The van der Waals surface area contributed by atoms with Gasteiger partial charge >= 0.3 is 0 Å². The smallest absolute Gasteiger partial charge is 0.220 e. The molecule has 2 fully saturated rings. The molecule has 2 aliphatic carbocycles. The van der Waals surface area contributed by atoms with Crippen molar-refractivity contribution in [3.05, 3.63) is 0 Å². The number of carbonyl (C=O) groups excluding carboxylic acids is 1. The fourth-order valence-electron chi connectivity index (χ4n) is 3.17. The highest BCUT2D eigenvalue weighted by Crippen LogP contribution is 2.32. The molecule has 0 aromatic carbocycles. The van der Waals surface area contributed by atoms with Crippen LogP contribution >= 0.6 is 15.9 Å². The number of hydrogen-bond donors (Lipinski definition) is 1. The molecule has 16 heavy (non-hydrogen) atoms. The van der Waals surface area contributed by atoms with Crippen molar-refractivity contribution in [2.75, 3.05) is 5.33 Å². The maximum absolute atomic E-state index is 12.0. The largest absolute Gasteiger partial charge is 0.350 e. The fraction of sp³-hybridized carbons (Fsp3) is 0.923. The Labute approximate surface area is 107 Å². The number of alkyl halides is 1. The number of rotatable bonds is 4. The van der Waals surface area contributed by atoms with E-state index in [0.29, 0.717) is 5.92 Å². The molecule has 0 aromatic rings. The van der Waals surface area contributed by atoms with Gasteiger partial charge in [0.15, 0.2) is 0 Å². The Kier molecular flexibility index (Phi) is 4.28. The Morgan fingerprint density at radius 3 is 2.38 bits per heavy atom. The van der Waals surface area contributed by atoms with Crippen LogP contribution in [0, 0.1) is 5.92 Å². The van der Waals surface area contributed by atoms with Gasteiger partial charge < -0.3 is 5.32 Å². The molecule has 0 spiro atoms. The van der Waals surface area contributed by atoms with Crippen molar-refractivity contribution < 1.29 is 4.79 Å². The van der Waals surface area contributed by atoms with E-state index in [2.05, 4.69) is 21.2 Å². The molecule has 0 saturated heterocycles. The molecule has 92 valence electrons. The van der Waals surface area contributed by atoms with Crippen LogP contribution in [0.2, 0.25) is 0 Å². The number of carbonyl (C=O) groups is 1. The van der Waals surface area contributed by atoms with Crippen LogP contribution in [-0.2, 0) is 4.79 Å². The first-order valence-corrected chi connectivity index (χ1v) is 7.73. The predicted octanol–water partition coefficient (Wildman–Crippen LogP) is 3.39. The van der Waals surface area contributed by atoms with Gasteiger partial charge in [0.1, 0.15) is 0 Å². The molecule has 0 aromatic heterocycles. The third kappa shape index (κ3) is 2.99. The summed E-state index contributed by atoms with van der Waals surface area (Å²) in [4.78, 5) is 12.0. The molecule has 2 nitrogen and oxygen atoms in total. The summed E-state index contributed by atoms with van der Waals surface area (Å²) in [5.41, 5.74) is 0.0791. The van der Waals surface area contributed by atoms with Crippen LogP contribution in [0.4, 0.5) is 0 Å². The molecular formula is C13H22BrNO. The zero-order valence-electron chi connectivity index (χ0n) is 9.93. The zero-order valence-corrected chi connectivity index (χ0v) is 11.5. The van der Waals surface area contributed by atoms with E-state index >= 15 is 0 Å². The van der Waals surface area contributed by atoms with Crippen LogP contribution in [0.15, 0.2) is 0 Å². The van der Waals surface area contributed by atoms with Gasteiger partial charge in [-0.1, -0.05) is 41.6 Å². The average molecular weight is 288 g/mol. The maximum atomic E-state index is 12.0. The molecule has 2 rings (SSSR count). The minimum absolute atomic E-state index is 0.0791. The third-order valence-corrected chi connectivity index (χ3v) is 5.24. The molecule has 0 heterocycles. The van der Waals surface area contributed by atoms with Crippen molar-refractivity contribution in [1.29, 1.82) is 0 Å². The second kappa shape index (κ2) is 5.52. The van der Waals surface area contributed by atoms with Crippen molar-refractivity contribution in [3.8, 4) is 0 Å². The molecule has 1 N–H and O–H groups in total. The van der Waals surface area contributed by atoms with Crippen LogP contribution in [0.1, 0.15) is 57.8 Å². The predicted molar refractivity (Wildman–Crippen MR) is 69.7 cm³/mol. The highest BCUT2D eigenvalue weighted by molar-refractivity contribution is 9.09. The average Bonchev–Trinajstić information content (AvgIpc) is 2.90. The van der Waals surface area contributed by atoms with Crippen LogP contribution in [-0.4, -0.2) is 16.8 Å². The van der Waals surface area contributed by atoms with Crippen LogP contribution in [0.25, 0.3) is 0 Å². The normalized spacial score (nSPS) is 24.8. The van der Waals surface area contributed by atoms with Gasteiger partial charge in [0, 0.05) is 17.3 Å². The zero-order chi connectivity index (χ0) is 11.4. The van der Waals surface area contributed by atoms with Crippen molar-refractivity contribution in [2.45, 2.75) is 63.3 Å². The number of amides is 1. The fourth-order valence-corrected chi connectivity index (χ4v) is 3.87. The Hall–Kier alpha value is -0.0500. The van der Waals surface area contributed by atoms with E-state index in [0.717, 1.165) is 24.6 Å². The second-order valence-electron chi connectivity index (χ2n) is 5.52. The third-order valence-electron chi connectivity index (χ3n) is 4.17. The summed E-state index contributed by atoms with van der Waals surface area (Å²) in [5.74, 6) is 0.946. The lowest BCUT2D eigenvalue weighted by Crippen LogP contribution is -2.48. The summed E-state index contributed by atoms with van der Waals surface area (Å²) in [5, 5.41) is 4.20. The summed E-state index contributed by atoms with van der Waals surface area (Å²) in [7, 11) is 0.